The van der Waals surface area contributed by atoms with Crippen molar-refractivity contribution in [1.82, 2.24) is 25.9 Å². The number of thiazole rings is 1. The molecule has 8 rings (SSSR count). The molecule has 6 N–H and O–H groups in total. The lowest BCUT2D eigenvalue weighted by molar-refractivity contribution is -0.144. The van der Waals surface area contributed by atoms with Gasteiger partial charge in [0.25, 0.3) is 5.91 Å². The highest BCUT2D eigenvalue weighted by atomic mass is 32.1. The van der Waals surface area contributed by atoms with E-state index in [-0.39, 0.29) is 50.3 Å². The van der Waals surface area contributed by atoms with Crippen LogP contribution >= 0.6 is 22.7 Å². The van der Waals surface area contributed by atoms with Crippen molar-refractivity contribution in [2.75, 3.05) is 26.4 Å². The van der Waals surface area contributed by atoms with Crippen LogP contribution in [0.1, 0.15) is 67.3 Å². The molecule has 0 radical (unpaired) electrons. The number of β-amino-alcohol motifs (C(OH)–C–C–N with tert-alkyl or cyclic N) is 1. The first kappa shape index (κ1) is 50.9. The maximum atomic E-state index is 14.1. The summed E-state index contributed by atoms with van der Waals surface area (Å²) in [4.78, 5) is 61.9. The summed E-state index contributed by atoms with van der Waals surface area (Å²) in [6.45, 7) is 9.11. The van der Waals surface area contributed by atoms with Crippen molar-refractivity contribution in [3.8, 4) is 49.3 Å². The van der Waals surface area contributed by atoms with Gasteiger partial charge in [-0.2, -0.15) is 5.10 Å². The standard InChI is InChI=1S/C55H56N6O9S2/c1-32(35-11-13-36(14-12-35)49-33(2)56-31-71-49)58-53(67)45-26-42(64)29-61(45)54(68)51(55(3,4)5)59-47(65)30-69-23-24-70-43-20-9-34(10-21-43)28-57-60-52(66)39-8-6-7-38(25-39)48-44-22-19-41(63)27-46(44)72-50(48)37-15-17-40(62)18-16-37/h6-22,25,27-28,31-32,42,45,51,62-64H,23-24,26,29-30H2,1-5H3,(H,58,67)(H,59,65)(H,60,66). The number of thiophene rings is 1. The van der Waals surface area contributed by atoms with Crippen LogP contribution in [-0.2, 0) is 19.1 Å². The fourth-order valence-electron chi connectivity index (χ4n) is 8.49. The van der Waals surface area contributed by atoms with Crippen molar-refractivity contribution in [3.05, 3.63) is 143 Å². The van der Waals surface area contributed by atoms with E-state index in [1.54, 1.807) is 78.1 Å². The number of aromatic hydroxyl groups is 2. The fourth-order valence-corrected chi connectivity index (χ4v) is 10.6. The van der Waals surface area contributed by atoms with Crippen molar-refractivity contribution in [2.45, 2.75) is 65.3 Å². The van der Waals surface area contributed by atoms with Crippen LogP contribution in [0.3, 0.4) is 0 Å². The van der Waals surface area contributed by atoms with E-state index < -0.39 is 47.2 Å². The third-order valence-corrected chi connectivity index (χ3v) is 14.4. The molecule has 372 valence electrons. The second-order valence-corrected chi connectivity index (χ2v) is 20.6. The van der Waals surface area contributed by atoms with E-state index >= 15 is 0 Å². The molecule has 5 aromatic carbocycles. The highest BCUT2D eigenvalue weighted by Crippen LogP contribution is 2.46. The molecule has 17 heteroatoms. The monoisotopic (exact) mass is 1010 g/mol. The number of nitrogens with one attached hydrogen (secondary N) is 3. The Bertz CT molecular complexity index is 3090. The van der Waals surface area contributed by atoms with Crippen LogP contribution in [-0.4, -0.2) is 99.6 Å². The number of aryl methyl sites for hydroxylation is 1. The normalized spacial score (nSPS) is 15.6. The summed E-state index contributed by atoms with van der Waals surface area (Å²) in [6, 6.07) is 32.0. The number of nitrogens with zero attached hydrogens (tertiary/aromatic N) is 3. The molecule has 4 amide bonds. The Balaban J connectivity index is 0.790. The number of rotatable bonds is 17. The number of aliphatic hydroxyl groups excluding tert-OH is 1. The third kappa shape index (κ3) is 12.2. The fraction of sp³-hybridized carbons (Fsp3) is 0.273. The number of aromatic nitrogens is 1. The van der Waals surface area contributed by atoms with Crippen molar-refractivity contribution in [1.29, 1.82) is 0 Å². The minimum absolute atomic E-state index is 0.0426. The van der Waals surface area contributed by atoms with E-state index in [4.69, 9.17) is 9.47 Å². The maximum absolute atomic E-state index is 14.1. The van der Waals surface area contributed by atoms with E-state index in [2.05, 4.69) is 26.1 Å². The molecule has 1 aliphatic rings. The summed E-state index contributed by atoms with van der Waals surface area (Å²) in [5.74, 6) is -0.931. The Morgan fingerprint density at radius 3 is 2.28 bits per heavy atom. The molecule has 4 atom stereocenters. The molecule has 1 saturated heterocycles. The van der Waals surface area contributed by atoms with Gasteiger partial charge in [0.05, 0.1) is 41.0 Å². The Morgan fingerprint density at radius 1 is 0.861 bits per heavy atom. The van der Waals surface area contributed by atoms with Crippen LogP contribution in [0.25, 0.3) is 42.1 Å². The molecule has 0 saturated carbocycles. The van der Waals surface area contributed by atoms with Gasteiger partial charge in [-0.3, -0.25) is 19.2 Å². The summed E-state index contributed by atoms with van der Waals surface area (Å²) in [6.07, 6.45) is 0.682. The average Bonchev–Trinajstić information content (AvgIpc) is 4.09. The number of benzene rings is 5. The van der Waals surface area contributed by atoms with E-state index in [9.17, 15) is 34.5 Å². The molecule has 1 fully saturated rings. The van der Waals surface area contributed by atoms with Crippen LogP contribution in [0.5, 0.6) is 17.2 Å². The summed E-state index contributed by atoms with van der Waals surface area (Å²) in [7, 11) is 0. The van der Waals surface area contributed by atoms with Gasteiger partial charge >= 0.3 is 0 Å². The van der Waals surface area contributed by atoms with Crippen molar-refractivity contribution in [2.24, 2.45) is 10.5 Å². The molecule has 72 heavy (non-hydrogen) atoms. The molecule has 0 aliphatic carbocycles. The number of phenols is 2. The Morgan fingerprint density at radius 2 is 1.57 bits per heavy atom. The number of ether oxygens (including phenoxy) is 2. The zero-order valence-corrected chi connectivity index (χ0v) is 42.1. The summed E-state index contributed by atoms with van der Waals surface area (Å²) < 4.78 is 12.3. The number of carbonyl (C=O) groups excluding carboxylic acids is 4. The van der Waals surface area contributed by atoms with E-state index in [0.717, 1.165) is 53.4 Å². The zero-order valence-electron chi connectivity index (χ0n) is 40.4. The molecule has 15 nitrogen and oxygen atoms in total. The molecule has 0 spiro atoms. The smallest absolute Gasteiger partial charge is 0.271 e. The number of likely N-dealkylation sites (tertiary alicyclic amines) is 1. The largest absolute Gasteiger partial charge is 0.508 e. The second kappa shape index (κ2) is 22.3. The van der Waals surface area contributed by atoms with Crippen LogP contribution in [0.4, 0.5) is 0 Å². The quantitative estimate of drug-likeness (QED) is 0.0291. The minimum Gasteiger partial charge on any atom is -0.508 e. The summed E-state index contributed by atoms with van der Waals surface area (Å²) in [5.41, 5.74) is 10.2. The third-order valence-electron chi connectivity index (χ3n) is 12.3. The van der Waals surface area contributed by atoms with Gasteiger partial charge in [-0.05, 0) is 126 Å². The number of fused-ring (bicyclic) bond motifs is 1. The van der Waals surface area contributed by atoms with Crippen LogP contribution < -0.4 is 20.8 Å². The van der Waals surface area contributed by atoms with Gasteiger partial charge in [0.2, 0.25) is 17.7 Å². The number of hydrazone groups is 1. The Hall–Kier alpha value is -7.44. The van der Waals surface area contributed by atoms with Gasteiger partial charge in [0.15, 0.2) is 0 Å². The van der Waals surface area contributed by atoms with Gasteiger partial charge in [0, 0.05) is 39.1 Å². The number of amides is 4. The summed E-state index contributed by atoms with van der Waals surface area (Å²) in [5, 5.41) is 41.6. The number of hydrogen-bond donors (Lipinski definition) is 6. The first-order chi connectivity index (χ1) is 34.5. The summed E-state index contributed by atoms with van der Waals surface area (Å²) >= 11 is 3.08. The lowest BCUT2D eigenvalue weighted by Gasteiger charge is -2.35. The molecule has 0 bridgehead atoms. The predicted molar refractivity (Wildman–Crippen MR) is 280 cm³/mol. The topological polar surface area (TPSA) is 212 Å². The number of aliphatic hydroxyl groups is 1. The highest BCUT2D eigenvalue weighted by Gasteiger charge is 2.44. The van der Waals surface area contributed by atoms with Crippen LogP contribution in [0, 0.1) is 12.3 Å². The first-order valence-electron chi connectivity index (χ1n) is 23.4. The Kier molecular flexibility index (Phi) is 15.8. The molecule has 4 unspecified atom stereocenters. The minimum atomic E-state index is -1.01. The zero-order chi connectivity index (χ0) is 51.1. The lowest BCUT2D eigenvalue weighted by atomic mass is 9.85. The van der Waals surface area contributed by atoms with Crippen molar-refractivity contribution >= 4 is 62.6 Å². The number of carbonyl (C=O) groups is 4. The maximum Gasteiger partial charge on any atom is 0.271 e. The van der Waals surface area contributed by atoms with Crippen LogP contribution in [0.2, 0.25) is 0 Å². The van der Waals surface area contributed by atoms with E-state index in [0.29, 0.717) is 16.9 Å². The highest BCUT2D eigenvalue weighted by molar-refractivity contribution is 7.23. The van der Waals surface area contributed by atoms with Crippen LogP contribution in [0.15, 0.2) is 126 Å². The van der Waals surface area contributed by atoms with E-state index in [1.165, 1.54) is 22.5 Å². The molecular formula is C55H56N6O9S2. The van der Waals surface area contributed by atoms with E-state index in [1.807, 2.05) is 88.7 Å². The predicted octanol–water partition coefficient (Wildman–Crippen LogP) is 8.61. The first-order valence-corrected chi connectivity index (χ1v) is 25.1. The van der Waals surface area contributed by atoms with Gasteiger partial charge in [-0.25, -0.2) is 10.4 Å². The van der Waals surface area contributed by atoms with Crippen molar-refractivity contribution < 1.29 is 44.0 Å². The molecule has 1 aliphatic heterocycles. The Labute approximate surface area is 425 Å². The van der Waals surface area contributed by atoms with Gasteiger partial charge in [-0.1, -0.05) is 57.2 Å². The molecule has 7 aromatic rings. The second-order valence-electron chi connectivity index (χ2n) is 18.7. The number of hydrogen-bond acceptors (Lipinski definition) is 13. The van der Waals surface area contributed by atoms with Gasteiger partial charge in [0.1, 0.15) is 42.5 Å². The molecule has 3 heterocycles. The van der Waals surface area contributed by atoms with Crippen molar-refractivity contribution in [3.63, 3.8) is 0 Å². The average molecular weight is 1010 g/mol. The molecule has 2 aromatic heterocycles. The van der Waals surface area contributed by atoms with Gasteiger partial charge in [-0.15, -0.1) is 22.7 Å². The number of phenolic OH excluding ortho intramolecular Hbond substituents is 2. The SMILES string of the molecule is Cc1ncsc1-c1ccc(C(C)NC(=O)C2CC(O)CN2C(=O)C(NC(=O)COCCOc2ccc(C=NNC(=O)c3cccc(-c4c(-c5ccc(O)cc5)sc5cc(O)ccc45)c3)cc2)C(C)(C)C)cc1. The van der Waals surface area contributed by atoms with Gasteiger partial charge < -0.3 is 40.3 Å². The molecular weight excluding hydrogens is 953 g/mol. The lowest BCUT2D eigenvalue weighted by Crippen LogP contribution is -2.58.